The number of carbonyl (C=O) groups excluding carboxylic acids is 1. The highest BCUT2D eigenvalue weighted by Crippen LogP contribution is 2.31. The highest BCUT2D eigenvalue weighted by atomic mass is 32.1. The van der Waals surface area contributed by atoms with Crippen molar-refractivity contribution in [2.75, 3.05) is 26.2 Å². The number of rotatable bonds is 6. The lowest BCUT2D eigenvalue weighted by molar-refractivity contribution is 0.0588. The average molecular weight is 519 g/mol. The van der Waals surface area contributed by atoms with Gasteiger partial charge in [0.15, 0.2) is 0 Å². The van der Waals surface area contributed by atoms with E-state index in [0.717, 1.165) is 34.9 Å². The first kappa shape index (κ1) is 24.3. The third kappa shape index (κ3) is 4.93. The van der Waals surface area contributed by atoms with E-state index < -0.39 is 0 Å². The number of aromatic nitrogens is 2. The fraction of sp³-hybridized carbons (Fsp3) is 0.188. The van der Waals surface area contributed by atoms with Gasteiger partial charge in [-0.15, -0.1) is 11.3 Å². The molecule has 0 saturated carbocycles. The number of aryl methyl sites for hydroxylation is 1. The van der Waals surface area contributed by atoms with Gasteiger partial charge in [0.1, 0.15) is 11.4 Å². The fourth-order valence-electron chi connectivity index (χ4n) is 5.26. The van der Waals surface area contributed by atoms with Crippen molar-refractivity contribution in [2.24, 2.45) is 0 Å². The number of hydrogen-bond donors (Lipinski definition) is 0. The zero-order valence-corrected chi connectivity index (χ0v) is 22.2. The maximum absolute atomic E-state index is 13.9. The Bertz CT molecular complexity index is 1460. The number of amides is 1. The number of piperazine rings is 1. The van der Waals surface area contributed by atoms with Crippen molar-refractivity contribution in [3.63, 3.8) is 0 Å². The number of benzene rings is 3. The smallest absolute Gasteiger partial charge is 0.272 e. The van der Waals surface area contributed by atoms with Crippen LogP contribution < -0.4 is 0 Å². The van der Waals surface area contributed by atoms with E-state index in [4.69, 9.17) is 5.10 Å². The molecule has 0 atom stereocenters. The Hall–Kier alpha value is -4.00. The van der Waals surface area contributed by atoms with Gasteiger partial charge in [0, 0.05) is 26.2 Å². The van der Waals surface area contributed by atoms with Crippen molar-refractivity contribution in [1.82, 2.24) is 19.6 Å². The van der Waals surface area contributed by atoms with Crippen molar-refractivity contribution in [1.29, 1.82) is 0 Å². The molecule has 1 amide bonds. The van der Waals surface area contributed by atoms with Gasteiger partial charge in [0.05, 0.1) is 16.6 Å². The summed E-state index contributed by atoms with van der Waals surface area (Å²) in [6, 6.07) is 35.6. The Morgan fingerprint density at radius 2 is 1.47 bits per heavy atom. The minimum atomic E-state index is 0.0254. The van der Waals surface area contributed by atoms with Gasteiger partial charge in [0.2, 0.25) is 0 Å². The largest absolute Gasteiger partial charge is 0.335 e. The topological polar surface area (TPSA) is 41.4 Å². The number of carbonyl (C=O) groups is 1. The SMILES string of the molecule is Cc1cccc(-n2nc(-c3cccs3)cc2C(=O)N2CCN(C(c3ccccc3)c3ccccc3)CC2)c1. The van der Waals surface area contributed by atoms with Crippen molar-refractivity contribution in [3.8, 4) is 16.3 Å². The minimum Gasteiger partial charge on any atom is -0.335 e. The van der Waals surface area contributed by atoms with Crippen LogP contribution >= 0.6 is 11.3 Å². The molecule has 1 fully saturated rings. The van der Waals surface area contributed by atoms with Crippen LogP contribution in [0.2, 0.25) is 0 Å². The first-order valence-corrected chi connectivity index (χ1v) is 13.9. The maximum Gasteiger partial charge on any atom is 0.272 e. The molecule has 0 N–H and O–H groups in total. The maximum atomic E-state index is 13.9. The van der Waals surface area contributed by atoms with Crippen molar-refractivity contribution in [2.45, 2.75) is 13.0 Å². The molecular formula is C32H30N4OS. The van der Waals surface area contributed by atoms with E-state index in [0.29, 0.717) is 18.8 Å². The van der Waals surface area contributed by atoms with Crippen LogP contribution in [0.3, 0.4) is 0 Å². The highest BCUT2D eigenvalue weighted by Gasteiger charge is 2.30. The van der Waals surface area contributed by atoms with Gasteiger partial charge in [-0.05, 0) is 53.3 Å². The van der Waals surface area contributed by atoms with E-state index in [-0.39, 0.29) is 11.9 Å². The van der Waals surface area contributed by atoms with Crippen LogP contribution in [0.4, 0.5) is 0 Å². The third-order valence-electron chi connectivity index (χ3n) is 7.15. The van der Waals surface area contributed by atoms with Gasteiger partial charge in [0.25, 0.3) is 5.91 Å². The normalized spacial score (nSPS) is 14.2. The molecule has 6 heteroatoms. The van der Waals surface area contributed by atoms with Gasteiger partial charge in [-0.3, -0.25) is 9.69 Å². The van der Waals surface area contributed by atoms with Crippen molar-refractivity contribution >= 4 is 17.2 Å². The molecule has 1 aliphatic rings. The second-order valence-electron chi connectivity index (χ2n) is 9.69. The Labute approximate surface area is 227 Å². The molecule has 0 radical (unpaired) electrons. The molecule has 3 aromatic carbocycles. The number of hydrogen-bond acceptors (Lipinski definition) is 4. The predicted octanol–water partition coefficient (Wildman–Crippen LogP) is 6.46. The third-order valence-corrected chi connectivity index (χ3v) is 8.04. The van der Waals surface area contributed by atoms with Crippen LogP contribution in [0.25, 0.3) is 16.3 Å². The van der Waals surface area contributed by atoms with E-state index in [9.17, 15) is 4.79 Å². The summed E-state index contributed by atoms with van der Waals surface area (Å²) in [6.45, 7) is 5.00. The van der Waals surface area contributed by atoms with E-state index in [1.54, 1.807) is 11.3 Å². The molecule has 6 rings (SSSR count). The fourth-order valence-corrected chi connectivity index (χ4v) is 5.95. The van der Waals surface area contributed by atoms with Gasteiger partial charge < -0.3 is 4.90 Å². The summed E-state index contributed by atoms with van der Waals surface area (Å²) in [5.74, 6) is 0.0254. The number of nitrogens with zero attached hydrogens (tertiary/aromatic N) is 4. The summed E-state index contributed by atoms with van der Waals surface area (Å²) >= 11 is 1.64. The average Bonchev–Trinajstić information content (AvgIpc) is 3.65. The highest BCUT2D eigenvalue weighted by molar-refractivity contribution is 7.13. The Kier molecular flexibility index (Phi) is 6.90. The molecule has 0 spiro atoms. The van der Waals surface area contributed by atoms with Crippen molar-refractivity contribution < 1.29 is 4.79 Å². The molecule has 1 aliphatic heterocycles. The molecule has 2 aromatic heterocycles. The Balaban J connectivity index is 1.27. The Morgan fingerprint density at radius 1 is 0.789 bits per heavy atom. The van der Waals surface area contributed by atoms with Crippen LogP contribution in [0.15, 0.2) is 109 Å². The van der Waals surface area contributed by atoms with Crippen LogP contribution in [-0.2, 0) is 0 Å². The Morgan fingerprint density at radius 3 is 2.08 bits per heavy atom. The zero-order chi connectivity index (χ0) is 25.9. The monoisotopic (exact) mass is 518 g/mol. The lowest BCUT2D eigenvalue weighted by Gasteiger charge is -2.39. The molecule has 3 heterocycles. The second-order valence-corrected chi connectivity index (χ2v) is 10.6. The first-order valence-electron chi connectivity index (χ1n) is 13.0. The zero-order valence-electron chi connectivity index (χ0n) is 21.4. The van der Waals surface area contributed by atoms with Gasteiger partial charge in [-0.1, -0.05) is 78.9 Å². The molecule has 5 aromatic rings. The molecule has 5 nitrogen and oxygen atoms in total. The van der Waals surface area contributed by atoms with Gasteiger partial charge in [-0.2, -0.15) is 5.10 Å². The lowest BCUT2D eigenvalue weighted by atomic mass is 9.96. The molecule has 190 valence electrons. The van der Waals surface area contributed by atoms with Crippen LogP contribution in [-0.4, -0.2) is 51.7 Å². The summed E-state index contributed by atoms with van der Waals surface area (Å²) in [4.78, 5) is 19.5. The van der Waals surface area contributed by atoms with Crippen LogP contribution in [0.5, 0.6) is 0 Å². The second kappa shape index (κ2) is 10.8. The van der Waals surface area contributed by atoms with E-state index in [1.807, 2.05) is 45.3 Å². The molecule has 0 unspecified atom stereocenters. The molecular weight excluding hydrogens is 488 g/mol. The minimum absolute atomic E-state index is 0.0254. The summed E-state index contributed by atoms with van der Waals surface area (Å²) in [5.41, 5.74) is 6.03. The predicted molar refractivity (Wildman–Crippen MR) is 154 cm³/mol. The van der Waals surface area contributed by atoms with Gasteiger partial charge >= 0.3 is 0 Å². The van der Waals surface area contributed by atoms with Crippen LogP contribution in [0, 0.1) is 6.92 Å². The summed E-state index contributed by atoms with van der Waals surface area (Å²) < 4.78 is 1.81. The van der Waals surface area contributed by atoms with Crippen molar-refractivity contribution in [3.05, 3.63) is 131 Å². The van der Waals surface area contributed by atoms with E-state index >= 15 is 0 Å². The summed E-state index contributed by atoms with van der Waals surface area (Å²) in [6.07, 6.45) is 0. The molecule has 0 bridgehead atoms. The molecule has 0 aliphatic carbocycles. The number of thiophene rings is 1. The van der Waals surface area contributed by atoms with E-state index in [2.05, 4.69) is 84.6 Å². The molecule has 1 saturated heterocycles. The first-order chi connectivity index (χ1) is 18.7. The summed E-state index contributed by atoms with van der Waals surface area (Å²) in [7, 11) is 0. The van der Waals surface area contributed by atoms with Gasteiger partial charge in [-0.25, -0.2) is 4.68 Å². The standard InChI is InChI=1S/C32H30N4OS/c1-24-10-8-15-27(22-24)36-29(23-28(33-36)30-16-9-21-38-30)32(37)35-19-17-34(18-20-35)31(25-11-4-2-5-12-25)26-13-6-3-7-14-26/h2-16,21-23,31H,17-20H2,1H3. The quantitative estimate of drug-likeness (QED) is 0.259. The molecule has 38 heavy (non-hydrogen) atoms. The lowest BCUT2D eigenvalue weighted by Crippen LogP contribution is -2.50. The van der Waals surface area contributed by atoms with E-state index in [1.165, 1.54) is 11.1 Å². The van der Waals surface area contributed by atoms with Crippen LogP contribution in [0.1, 0.15) is 33.2 Å². The summed E-state index contributed by atoms with van der Waals surface area (Å²) in [5, 5.41) is 6.91.